The molecule has 0 saturated heterocycles. The Morgan fingerprint density at radius 2 is 2.31 bits per heavy atom. The summed E-state index contributed by atoms with van der Waals surface area (Å²) in [7, 11) is 0. The van der Waals surface area contributed by atoms with E-state index in [1.165, 1.54) is 10.6 Å². The van der Waals surface area contributed by atoms with Gasteiger partial charge < -0.3 is 5.32 Å². The van der Waals surface area contributed by atoms with Gasteiger partial charge in [0.25, 0.3) is 0 Å². The van der Waals surface area contributed by atoms with Gasteiger partial charge in [-0.2, -0.15) is 0 Å². The van der Waals surface area contributed by atoms with Crippen LogP contribution in [0, 0.1) is 12.3 Å². The van der Waals surface area contributed by atoms with Gasteiger partial charge in [-0.25, -0.2) is 0 Å². The molecule has 1 unspecified atom stereocenters. The molecule has 0 amide bonds. The van der Waals surface area contributed by atoms with Crippen molar-refractivity contribution >= 4 is 17.4 Å². The molecule has 1 nitrogen and oxygen atoms in total. The van der Waals surface area contributed by atoms with Crippen molar-refractivity contribution in [3.05, 3.63) is 24.3 Å². The van der Waals surface area contributed by atoms with Gasteiger partial charge in [0.1, 0.15) is 0 Å². The molecule has 0 spiro atoms. The Morgan fingerprint density at radius 3 is 3.08 bits per heavy atom. The molecule has 1 N–H and O–H groups in total. The quantitative estimate of drug-likeness (QED) is 0.718. The van der Waals surface area contributed by atoms with Crippen LogP contribution >= 0.6 is 11.8 Å². The third-order valence-electron chi connectivity index (χ3n) is 2.02. The third-order valence-corrected chi connectivity index (χ3v) is 3.27. The molecule has 2 heteroatoms. The number of fused-ring (bicyclic) bond motifs is 1. The van der Waals surface area contributed by atoms with Crippen molar-refractivity contribution in [2.24, 2.45) is 0 Å². The molecule has 1 aromatic carbocycles. The molecular formula is C11H11NS. The zero-order valence-electron chi connectivity index (χ0n) is 7.29. The molecule has 0 saturated carbocycles. The smallest absolute Gasteiger partial charge is 0.0779 e. The summed E-state index contributed by atoms with van der Waals surface area (Å²) in [6.45, 7) is 0. The van der Waals surface area contributed by atoms with E-state index < -0.39 is 0 Å². The first-order valence-corrected chi connectivity index (χ1v) is 5.24. The fraction of sp³-hybridized carbons (Fsp3) is 0.273. The lowest BCUT2D eigenvalue weighted by Crippen LogP contribution is -2.08. The molecule has 13 heavy (non-hydrogen) atoms. The number of nitrogens with one attached hydrogen (secondary N) is 1. The van der Waals surface area contributed by atoms with Crippen molar-refractivity contribution in [1.82, 2.24) is 0 Å². The van der Waals surface area contributed by atoms with Gasteiger partial charge in [-0.05, 0) is 18.6 Å². The maximum atomic E-state index is 5.22. The SMILES string of the molecule is C#CCCC1Nc2ccccc2S1. The molecule has 1 atom stereocenters. The first-order chi connectivity index (χ1) is 6.40. The standard InChI is InChI=1S/C11H11NS/c1-2-3-8-11-12-9-6-4-5-7-10(9)13-11/h1,4-7,11-12H,3,8H2. The normalized spacial score (nSPS) is 18.8. The van der Waals surface area contributed by atoms with Crippen molar-refractivity contribution in [3.63, 3.8) is 0 Å². The van der Waals surface area contributed by atoms with E-state index in [0.29, 0.717) is 5.37 Å². The minimum Gasteiger partial charge on any atom is -0.372 e. The van der Waals surface area contributed by atoms with E-state index in [0.717, 1.165) is 12.8 Å². The molecule has 0 aliphatic carbocycles. The lowest BCUT2D eigenvalue weighted by Gasteiger charge is -2.06. The Labute approximate surface area is 82.9 Å². The second kappa shape index (κ2) is 3.76. The summed E-state index contributed by atoms with van der Waals surface area (Å²) in [4.78, 5) is 1.34. The lowest BCUT2D eigenvalue weighted by atomic mass is 10.3. The molecule has 0 radical (unpaired) electrons. The number of thioether (sulfide) groups is 1. The van der Waals surface area contributed by atoms with Crippen molar-refractivity contribution in [2.75, 3.05) is 5.32 Å². The summed E-state index contributed by atoms with van der Waals surface area (Å²) in [5.74, 6) is 2.67. The summed E-state index contributed by atoms with van der Waals surface area (Å²) in [6, 6.07) is 8.37. The summed E-state index contributed by atoms with van der Waals surface area (Å²) in [5.41, 5.74) is 1.24. The summed E-state index contributed by atoms with van der Waals surface area (Å²) < 4.78 is 0. The highest BCUT2D eigenvalue weighted by molar-refractivity contribution is 8.00. The van der Waals surface area contributed by atoms with Gasteiger partial charge >= 0.3 is 0 Å². The van der Waals surface area contributed by atoms with Crippen LogP contribution in [0.2, 0.25) is 0 Å². The molecule has 2 rings (SSSR count). The van der Waals surface area contributed by atoms with E-state index >= 15 is 0 Å². The Balaban J connectivity index is 2.02. The average Bonchev–Trinajstić information content (AvgIpc) is 2.57. The molecule has 0 fully saturated rings. The van der Waals surface area contributed by atoms with Crippen molar-refractivity contribution in [3.8, 4) is 12.3 Å². The van der Waals surface area contributed by atoms with E-state index in [1.807, 2.05) is 11.8 Å². The molecule has 1 aromatic rings. The largest absolute Gasteiger partial charge is 0.372 e. The van der Waals surface area contributed by atoms with Crippen LogP contribution in [0.15, 0.2) is 29.2 Å². The maximum absolute atomic E-state index is 5.22. The van der Waals surface area contributed by atoms with E-state index in [2.05, 4.69) is 35.5 Å². The molecule has 1 aliphatic heterocycles. The van der Waals surface area contributed by atoms with E-state index in [9.17, 15) is 0 Å². The predicted octanol–water partition coefficient (Wildman–Crippen LogP) is 2.94. The summed E-state index contributed by atoms with van der Waals surface area (Å²) in [6.07, 6.45) is 7.11. The minimum atomic E-state index is 0.466. The molecular weight excluding hydrogens is 178 g/mol. The predicted molar refractivity (Wildman–Crippen MR) is 57.8 cm³/mol. The fourth-order valence-corrected chi connectivity index (χ4v) is 2.53. The number of benzene rings is 1. The number of para-hydroxylation sites is 1. The van der Waals surface area contributed by atoms with Crippen LogP contribution in [0.4, 0.5) is 5.69 Å². The number of hydrogen-bond acceptors (Lipinski definition) is 2. The Morgan fingerprint density at radius 1 is 1.46 bits per heavy atom. The monoisotopic (exact) mass is 189 g/mol. The Hall–Kier alpha value is -1.07. The second-order valence-electron chi connectivity index (χ2n) is 2.99. The summed E-state index contributed by atoms with van der Waals surface area (Å²) >= 11 is 1.87. The molecule has 1 aliphatic rings. The minimum absolute atomic E-state index is 0.466. The highest BCUT2D eigenvalue weighted by Crippen LogP contribution is 2.39. The van der Waals surface area contributed by atoms with Crippen LogP contribution < -0.4 is 5.32 Å². The number of terminal acetylenes is 1. The van der Waals surface area contributed by atoms with Gasteiger partial charge in [-0.15, -0.1) is 12.3 Å². The van der Waals surface area contributed by atoms with Crippen LogP contribution in [0.25, 0.3) is 0 Å². The zero-order chi connectivity index (χ0) is 9.10. The first kappa shape index (κ1) is 8.52. The topological polar surface area (TPSA) is 12.0 Å². The number of hydrogen-bond donors (Lipinski definition) is 1. The highest BCUT2D eigenvalue weighted by atomic mass is 32.2. The van der Waals surface area contributed by atoms with Crippen LogP contribution in [0.3, 0.4) is 0 Å². The fourth-order valence-electron chi connectivity index (χ4n) is 1.39. The Kier molecular flexibility index (Phi) is 2.47. The number of rotatable bonds is 2. The molecule has 66 valence electrons. The van der Waals surface area contributed by atoms with E-state index in [-0.39, 0.29) is 0 Å². The van der Waals surface area contributed by atoms with Crippen molar-refractivity contribution in [2.45, 2.75) is 23.1 Å². The van der Waals surface area contributed by atoms with Crippen LogP contribution in [0.5, 0.6) is 0 Å². The second-order valence-corrected chi connectivity index (χ2v) is 4.23. The first-order valence-electron chi connectivity index (χ1n) is 4.36. The van der Waals surface area contributed by atoms with Crippen molar-refractivity contribution in [1.29, 1.82) is 0 Å². The van der Waals surface area contributed by atoms with E-state index in [1.54, 1.807) is 0 Å². The van der Waals surface area contributed by atoms with Gasteiger partial charge in [0.2, 0.25) is 0 Å². The van der Waals surface area contributed by atoms with Gasteiger partial charge in [0, 0.05) is 17.0 Å². The van der Waals surface area contributed by atoms with Crippen LogP contribution in [-0.2, 0) is 0 Å². The van der Waals surface area contributed by atoms with Gasteiger partial charge in [-0.3, -0.25) is 0 Å². The Bertz CT molecular complexity index is 315. The van der Waals surface area contributed by atoms with Crippen molar-refractivity contribution < 1.29 is 0 Å². The highest BCUT2D eigenvalue weighted by Gasteiger charge is 2.19. The number of anilines is 1. The van der Waals surface area contributed by atoms with Crippen LogP contribution in [0.1, 0.15) is 12.8 Å². The maximum Gasteiger partial charge on any atom is 0.0779 e. The lowest BCUT2D eigenvalue weighted by molar-refractivity contribution is 0.867. The molecule has 0 aromatic heterocycles. The van der Waals surface area contributed by atoms with Gasteiger partial charge in [0.15, 0.2) is 0 Å². The third kappa shape index (κ3) is 1.81. The van der Waals surface area contributed by atoms with Gasteiger partial charge in [-0.1, -0.05) is 23.9 Å². The molecule has 0 bridgehead atoms. The van der Waals surface area contributed by atoms with Gasteiger partial charge in [0.05, 0.1) is 5.37 Å². The summed E-state index contributed by atoms with van der Waals surface area (Å²) in [5, 5.41) is 3.90. The van der Waals surface area contributed by atoms with Crippen LogP contribution in [-0.4, -0.2) is 5.37 Å². The average molecular weight is 189 g/mol. The molecule has 1 heterocycles. The van der Waals surface area contributed by atoms with E-state index in [4.69, 9.17) is 6.42 Å². The zero-order valence-corrected chi connectivity index (χ0v) is 8.10.